The number of hydrogen-bond donors (Lipinski definition) is 1. The summed E-state index contributed by atoms with van der Waals surface area (Å²) in [6.07, 6.45) is -6.57. The number of halogens is 5. The molecule has 0 radical (unpaired) electrons. The third-order valence-electron chi connectivity index (χ3n) is 2.64. The van der Waals surface area contributed by atoms with Gasteiger partial charge in [-0.2, -0.15) is 22.0 Å². The van der Waals surface area contributed by atoms with Crippen LogP contribution in [0.2, 0.25) is 0 Å². The number of ether oxygens (including phenoxy) is 1. The minimum Gasteiger partial charge on any atom is -0.444 e. The SMILES string of the molecule is CC(C)(C)OC(=O)N1CCNC(C(F)(F)C(F)(F)F)C1. The average molecular weight is 304 g/mol. The summed E-state index contributed by atoms with van der Waals surface area (Å²) < 4.78 is 68.3. The maximum atomic E-state index is 13.2. The molecule has 118 valence electrons. The highest BCUT2D eigenvalue weighted by molar-refractivity contribution is 5.68. The zero-order chi connectivity index (χ0) is 15.8. The Morgan fingerprint density at radius 3 is 2.20 bits per heavy atom. The molecule has 1 atom stereocenters. The first-order valence-corrected chi connectivity index (χ1v) is 6.00. The van der Waals surface area contributed by atoms with E-state index in [-0.39, 0.29) is 13.1 Å². The van der Waals surface area contributed by atoms with Crippen molar-refractivity contribution in [3.05, 3.63) is 0 Å². The Bertz CT molecular complexity index is 365. The van der Waals surface area contributed by atoms with E-state index in [0.29, 0.717) is 0 Å². The number of rotatable bonds is 1. The van der Waals surface area contributed by atoms with Crippen LogP contribution in [0.25, 0.3) is 0 Å². The summed E-state index contributed by atoms with van der Waals surface area (Å²) in [5, 5.41) is 2.09. The Hall–Kier alpha value is -1.12. The van der Waals surface area contributed by atoms with Gasteiger partial charge in [-0.15, -0.1) is 0 Å². The molecule has 4 nitrogen and oxygen atoms in total. The molecule has 0 aliphatic carbocycles. The van der Waals surface area contributed by atoms with Crippen LogP contribution in [0.15, 0.2) is 0 Å². The number of nitrogens with zero attached hydrogens (tertiary/aromatic N) is 1. The fourth-order valence-electron chi connectivity index (χ4n) is 1.68. The minimum atomic E-state index is -5.67. The zero-order valence-electron chi connectivity index (χ0n) is 11.4. The fraction of sp³-hybridized carbons (Fsp3) is 0.909. The summed E-state index contributed by atoms with van der Waals surface area (Å²) in [7, 11) is 0. The standard InChI is InChI=1S/C11H17F5N2O2/c1-9(2,3)20-8(19)18-5-4-17-7(6-18)10(12,13)11(14,15)16/h7,17H,4-6H2,1-3H3. The number of carbonyl (C=O) groups excluding carboxylic acids is 1. The summed E-state index contributed by atoms with van der Waals surface area (Å²) in [6.45, 7) is 3.83. The highest BCUT2D eigenvalue weighted by Gasteiger charge is 2.63. The summed E-state index contributed by atoms with van der Waals surface area (Å²) in [6, 6.07) is -2.18. The predicted octanol–water partition coefficient (Wildman–Crippen LogP) is 2.39. The number of piperazine rings is 1. The highest BCUT2D eigenvalue weighted by atomic mass is 19.4. The Kier molecular flexibility index (Phi) is 4.52. The smallest absolute Gasteiger partial charge is 0.444 e. The largest absolute Gasteiger partial charge is 0.455 e. The lowest BCUT2D eigenvalue weighted by Crippen LogP contribution is -2.63. The number of alkyl halides is 5. The molecule has 1 heterocycles. The number of amides is 1. The van der Waals surface area contributed by atoms with E-state index in [1.165, 1.54) is 0 Å². The molecule has 0 spiro atoms. The molecule has 1 aliphatic rings. The first kappa shape index (κ1) is 16.9. The van der Waals surface area contributed by atoms with Gasteiger partial charge in [0.15, 0.2) is 0 Å². The molecule has 0 aromatic rings. The Balaban J connectivity index is 2.75. The van der Waals surface area contributed by atoms with Gasteiger partial charge in [-0.25, -0.2) is 4.79 Å². The van der Waals surface area contributed by atoms with Crippen LogP contribution in [-0.2, 0) is 4.74 Å². The van der Waals surface area contributed by atoms with Crippen LogP contribution in [0.4, 0.5) is 26.7 Å². The molecule has 0 aromatic heterocycles. The van der Waals surface area contributed by atoms with E-state index < -0.39 is 36.4 Å². The summed E-state index contributed by atoms with van der Waals surface area (Å²) in [4.78, 5) is 12.5. The van der Waals surface area contributed by atoms with Crippen LogP contribution in [0, 0.1) is 0 Å². The lowest BCUT2D eigenvalue weighted by Gasteiger charge is -2.38. The van der Waals surface area contributed by atoms with Gasteiger partial charge in [-0.05, 0) is 20.8 Å². The monoisotopic (exact) mass is 304 g/mol. The maximum absolute atomic E-state index is 13.2. The van der Waals surface area contributed by atoms with E-state index in [9.17, 15) is 26.7 Å². The van der Waals surface area contributed by atoms with Gasteiger partial charge in [-0.3, -0.25) is 0 Å². The van der Waals surface area contributed by atoms with E-state index in [2.05, 4.69) is 5.32 Å². The molecule has 20 heavy (non-hydrogen) atoms. The van der Waals surface area contributed by atoms with Crippen LogP contribution in [0.5, 0.6) is 0 Å². The van der Waals surface area contributed by atoms with E-state index >= 15 is 0 Å². The number of carbonyl (C=O) groups is 1. The van der Waals surface area contributed by atoms with Crippen LogP contribution >= 0.6 is 0 Å². The third-order valence-corrected chi connectivity index (χ3v) is 2.64. The quantitative estimate of drug-likeness (QED) is 0.756. The van der Waals surface area contributed by atoms with Gasteiger partial charge in [0.2, 0.25) is 0 Å². The molecule has 1 aliphatic heterocycles. The Morgan fingerprint density at radius 2 is 1.75 bits per heavy atom. The normalized spacial score (nSPS) is 21.8. The number of hydrogen-bond acceptors (Lipinski definition) is 3. The summed E-state index contributed by atoms with van der Waals surface area (Å²) in [5.74, 6) is -4.91. The second-order valence-corrected chi connectivity index (χ2v) is 5.55. The van der Waals surface area contributed by atoms with Gasteiger partial charge in [0, 0.05) is 19.6 Å². The van der Waals surface area contributed by atoms with E-state index in [1.807, 2.05) is 0 Å². The van der Waals surface area contributed by atoms with E-state index in [0.717, 1.165) is 4.90 Å². The third kappa shape index (κ3) is 3.94. The van der Waals surface area contributed by atoms with Crippen molar-refractivity contribution in [2.45, 2.75) is 44.5 Å². The molecular weight excluding hydrogens is 287 g/mol. The second-order valence-electron chi connectivity index (χ2n) is 5.55. The van der Waals surface area contributed by atoms with Crippen LogP contribution in [0.1, 0.15) is 20.8 Å². The van der Waals surface area contributed by atoms with Crippen molar-refractivity contribution < 1.29 is 31.5 Å². The lowest BCUT2D eigenvalue weighted by molar-refractivity contribution is -0.295. The van der Waals surface area contributed by atoms with E-state index in [1.54, 1.807) is 20.8 Å². The first-order chi connectivity index (χ1) is 8.84. The lowest BCUT2D eigenvalue weighted by atomic mass is 10.1. The van der Waals surface area contributed by atoms with Gasteiger partial charge < -0.3 is 15.0 Å². The Morgan fingerprint density at radius 1 is 1.20 bits per heavy atom. The van der Waals surface area contributed by atoms with Crippen molar-refractivity contribution in [3.8, 4) is 0 Å². The fourth-order valence-corrected chi connectivity index (χ4v) is 1.68. The predicted molar refractivity (Wildman–Crippen MR) is 60.6 cm³/mol. The molecular formula is C11H17F5N2O2. The summed E-state index contributed by atoms with van der Waals surface area (Å²) >= 11 is 0. The van der Waals surface area contributed by atoms with Gasteiger partial charge in [0.1, 0.15) is 5.60 Å². The topological polar surface area (TPSA) is 41.6 Å². The average Bonchev–Trinajstić information content (AvgIpc) is 2.25. The second kappa shape index (κ2) is 5.34. The van der Waals surface area contributed by atoms with Gasteiger partial charge in [0.25, 0.3) is 0 Å². The van der Waals surface area contributed by atoms with Crippen LogP contribution < -0.4 is 5.32 Å². The number of nitrogens with one attached hydrogen (secondary N) is 1. The van der Waals surface area contributed by atoms with Crippen molar-refractivity contribution in [1.82, 2.24) is 10.2 Å². The minimum absolute atomic E-state index is 0.0132. The molecule has 0 aromatic carbocycles. The molecule has 0 bridgehead atoms. The van der Waals surface area contributed by atoms with Gasteiger partial charge in [0.05, 0.1) is 6.04 Å². The summed E-state index contributed by atoms with van der Waals surface area (Å²) in [5.41, 5.74) is -0.843. The van der Waals surface area contributed by atoms with Crippen molar-refractivity contribution in [3.63, 3.8) is 0 Å². The maximum Gasteiger partial charge on any atom is 0.455 e. The van der Waals surface area contributed by atoms with Crippen molar-refractivity contribution in [2.24, 2.45) is 0 Å². The van der Waals surface area contributed by atoms with Gasteiger partial charge >= 0.3 is 18.2 Å². The molecule has 9 heteroatoms. The molecule has 1 unspecified atom stereocenters. The van der Waals surface area contributed by atoms with E-state index in [4.69, 9.17) is 4.74 Å². The first-order valence-electron chi connectivity index (χ1n) is 6.00. The molecule has 0 saturated carbocycles. The van der Waals surface area contributed by atoms with Crippen LogP contribution in [0.3, 0.4) is 0 Å². The van der Waals surface area contributed by atoms with Crippen molar-refractivity contribution in [1.29, 1.82) is 0 Å². The molecule has 1 fully saturated rings. The van der Waals surface area contributed by atoms with Gasteiger partial charge in [-0.1, -0.05) is 0 Å². The van der Waals surface area contributed by atoms with Crippen LogP contribution in [-0.4, -0.2) is 54.4 Å². The highest BCUT2D eigenvalue weighted by Crippen LogP contribution is 2.38. The van der Waals surface area contributed by atoms with Crippen molar-refractivity contribution >= 4 is 6.09 Å². The Labute approximate surface area is 113 Å². The zero-order valence-corrected chi connectivity index (χ0v) is 11.4. The molecule has 1 rings (SSSR count). The molecule has 1 amide bonds. The van der Waals surface area contributed by atoms with Crippen molar-refractivity contribution in [2.75, 3.05) is 19.6 Å². The molecule has 1 N–H and O–H groups in total. The molecule has 1 saturated heterocycles.